The van der Waals surface area contributed by atoms with Crippen molar-refractivity contribution in [3.63, 3.8) is 0 Å². The first-order valence-corrected chi connectivity index (χ1v) is 24.8. The first-order valence-electron chi connectivity index (χ1n) is 23.3. The largest absolute Gasteiger partial charge is 0.480 e. The number of unbranched alkanes of at least 4 members (excludes halogenated alkanes) is 20. The van der Waals surface area contributed by atoms with Crippen molar-refractivity contribution in [2.24, 2.45) is 5.73 Å². The molecule has 0 spiro atoms. The molecule has 10 nitrogen and oxygen atoms in total. The predicted molar refractivity (Wildman–Crippen MR) is 244 cm³/mol. The highest BCUT2D eigenvalue weighted by Gasteiger charge is 2.27. The minimum Gasteiger partial charge on any atom is -0.480 e. The number of rotatable bonds is 44. The van der Waals surface area contributed by atoms with Crippen molar-refractivity contribution in [1.82, 2.24) is 0 Å². The van der Waals surface area contributed by atoms with E-state index >= 15 is 0 Å². The summed E-state index contributed by atoms with van der Waals surface area (Å²) >= 11 is 0. The maximum Gasteiger partial charge on any atom is 0.472 e. The van der Waals surface area contributed by atoms with E-state index in [9.17, 15) is 19.0 Å². The molecule has 0 fully saturated rings. The van der Waals surface area contributed by atoms with Crippen LogP contribution in [0.2, 0.25) is 0 Å². The number of aliphatic carboxylic acids is 1. The third-order valence-electron chi connectivity index (χ3n) is 9.79. The second-order valence-electron chi connectivity index (χ2n) is 15.5. The topological polar surface area (TPSA) is 155 Å². The zero-order chi connectivity index (χ0) is 43.3. The first-order chi connectivity index (χ1) is 28.7. The van der Waals surface area contributed by atoms with Gasteiger partial charge in [-0.1, -0.05) is 184 Å². The van der Waals surface area contributed by atoms with Crippen molar-refractivity contribution in [2.75, 3.05) is 26.4 Å². The van der Waals surface area contributed by atoms with Crippen molar-refractivity contribution >= 4 is 19.8 Å². The number of carbonyl (C=O) groups excluding carboxylic acids is 1. The summed E-state index contributed by atoms with van der Waals surface area (Å²) in [5.74, 6) is -1.86. The maximum atomic E-state index is 12.6. The van der Waals surface area contributed by atoms with Gasteiger partial charge < -0.3 is 25.2 Å². The molecule has 3 atom stereocenters. The first kappa shape index (κ1) is 56.7. The lowest BCUT2D eigenvalue weighted by molar-refractivity contribution is -0.154. The van der Waals surface area contributed by atoms with E-state index in [1.54, 1.807) is 0 Å². The third kappa shape index (κ3) is 43.6. The standard InChI is InChI=1S/C48H86NO9P/c1-3-5-7-9-11-13-15-17-18-19-20-21-22-23-24-25-26-27-29-31-33-35-37-39-41-55-42-45(43-56-59(53,54)57-44-46(49)48(51)52)58-47(50)40-38-36-34-32-30-28-16-14-12-10-8-6-4-2/h6,8,12,14,19-20,28,30,34,36,45-46H,3-5,7,9-11,13,15-18,21-27,29,31-33,35,37-44,49H2,1-2H3,(H,51,52)(H,53,54)/b8-6-,14-12-,20-19-,30-28-,36-34-. The Balaban J connectivity index is 4.16. The van der Waals surface area contributed by atoms with Gasteiger partial charge in [0.05, 0.1) is 19.8 Å². The highest BCUT2D eigenvalue weighted by atomic mass is 31.2. The van der Waals surface area contributed by atoms with E-state index in [0.717, 1.165) is 44.9 Å². The molecule has 0 aromatic rings. The van der Waals surface area contributed by atoms with Gasteiger partial charge in [0.15, 0.2) is 0 Å². The van der Waals surface area contributed by atoms with Gasteiger partial charge in [0.25, 0.3) is 0 Å². The van der Waals surface area contributed by atoms with Gasteiger partial charge in [-0.3, -0.25) is 18.6 Å². The monoisotopic (exact) mass is 852 g/mol. The molecule has 0 saturated heterocycles. The van der Waals surface area contributed by atoms with Crippen LogP contribution in [0.15, 0.2) is 60.8 Å². The number of esters is 1. The molecule has 0 aliphatic carbocycles. The Labute approximate surface area is 360 Å². The molecule has 11 heteroatoms. The maximum absolute atomic E-state index is 12.6. The number of phosphoric ester groups is 1. The van der Waals surface area contributed by atoms with Crippen molar-refractivity contribution in [1.29, 1.82) is 0 Å². The molecule has 0 heterocycles. The summed E-state index contributed by atoms with van der Waals surface area (Å²) in [4.78, 5) is 33.5. The molecule has 0 rings (SSSR count). The summed E-state index contributed by atoms with van der Waals surface area (Å²) in [5, 5.41) is 8.90. The predicted octanol–water partition coefficient (Wildman–Crippen LogP) is 13.2. The van der Waals surface area contributed by atoms with Crippen LogP contribution in [0, 0.1) is 0 Å². The average molecular weight is 852 g/mol. The van der Waals surface area contributed by atoms with Crippen LogP contribution in [-0.2, 0) is 32.7 Å². The highest BCUT2D eigenvalue weighted by Crippen LogP contribution is 2.43. The van der Waals surface area contributed by atoms with E-state index in [1.807, 2.05) is 12.2 Å². The molecule has 0 aromatic carbocycles. The Morgan fingerprint density at radius 3 is 1.47 bits per heavy atom. The minimum atomic E-state index is -4.64. The van der Waals surface area contributed by atoms with Gasteiger partial charge in [-0.2, -0.15) is 0 Å². The number of phosphoric acid groups is 1. The number of allylic oxidation sites excluding steroid dienone is 10. The van der Waals surface area contributed by atoms with Crippen LogP contribution < -0.4 is 5.73 Å². The van der Waals surface area contributed by atoms with E-state index in [2.05, 4.69) is 62.5 Å². The van der Waals surface area contributed by atoms with Gasteiger partial charge in [0.1, 0.15) is 12.1 Å². The fourth-order valence-corrected chi connectivity index (χ4v) is 6.98. The van der Waals surface area contributed by atoms with Crippen LogP contribution in [0.3, 0.4) is 0 Å². The fraction of sp³-hybridized carbons (Fsp3) is 0.750. The van der Waals surface area contributed by atoms with Gasteiger partial charge in [-0.25, -0.2) is 4.57 Å². The number of hydrogen-bond acceptors (Lipinski definition) is 8. The van der Waals surface area contributed by atoms with Crippen molar-refractivity contribution < 1.29 is 42.7 Å². The van der Waals surface area contributed by atoms with Gasteiger partial charge in [-0.15, -0.1) is 0 Å². The van der Waals surface area contributed by atoms with Gasteiger partial charge >= 0.3 is 19.8 Å². The van der Waals surface area contributed by atoms with Crippen molar-refractivity contribution in [3.8, 4) is 0 Å². The summed E-state index contributed by atoms with van der Waals surface area (Å²) in [5.41, 5.74) is 5.35. The smallest absolute Gasteiger partial charge is 0.472 e. The van der Waals surface area contributed by atoms with E-state index in [0.29, 0.717) is 13.0 Å². The lowest BCUT2D eigenvalue weighted by Crippen LogP contribution is -2.34. The molecule has 0 radical (unpaired) electrons. The SMILES string of the molecule is CC/C=C\C/C=C\C/C=C\C/C=C\CCC(=O)OC(COCCCCCCCCCCCCCC/C=C\CCCCCCCCCC)COP(=O)(O)OCC(N)C(=O)O. The molecule has 59 heavy (non-hydrogen) atoms. The van der Waals surface area contributed by atoms with E-state index in [1.165, 1.54) is 122 Å². The quantitative estimate of drug-likeness (QED) is 0.0233. The molecule has 0 aliphatic rings. The Bertz CT molecular complexity index is 1170. The molecule has 0 aliphatic heterocycles. The van der Waals surface area contributed by atoms with Crippen LogP contribution in [0.5, 0.6) is 0 Å². The normalized spacial score (nSPS) is 14.4. The Kier molecular flexibility index (Phi) is 42.0. The van der Waals surface area contributed by atoms with Crippen LogP contribution >= 0.6 is 7.82 Å². The van der Waals surface area contributed by atoms with Crippen molar-refractivity contribution in [2.45, 2.75) is 206 Å². The van der Waals surface area contributed by atoms with Crippen LogP contribution in [0.4, 0.5) is 0 Å². The van der Waals surface area contributed by atoms with E-state index in [4.69, 9.17) is 29.4 Å². The van der Waals surface area contributed by atoms with Crippen LogP contribution in [-0.4, -0.2) is 60.5 Å². The number of carbonyl (C=O) groups is 2. The molecule has 0 bridgehead atoms. The third-order valence-corrected chi connectivity index (χ3v) is 10.7. The summed E-state index contributed by atoms with van der Waals surface area (Å²) in [6, 6.07) is -1.49. The Morgan fingerprint density at radius 1 is 0.559 bits per heavy atom. The molecule has 0 saturated carbocycles. The van der Waals surface area contributed by atoms with Gasteiger partial charge in [0.2, 0.25) is 0 Å². The van der Waals surface area contributed by atoms with Crippen LogP contribution in [0.25, 0.3) is 0 Å². The highest BCUT2D eigenvalue weighted by molar-refractivity contribution is 7.47. The molecular formula is C48H86NO9P. The molecule has 0 amide bonds. The van der Waals surface area contributed by atoms with Gasteiger partial charge in [-0.05, 0) is 64.2 Å². The van der Waals surface area contributed by atoms with E-state index < -0.39 is 45.1 Å². The zero-order valence-corrected chi connectivity index (χ0v) is 38.2. The molecule has 342 valence electrons. The zero-order valence-electron chi connectivity index (χ0n) is 37.3. The second kappa shape index (κ2) is 43.7. The van der Waals surface area contributed by atoms with Crippen LogP contribution in [0.1, 0.15) is 194 Å². The van der Waals surface area contributed by atoms with Crippen molar-refractivity contribution in [3.05, 3.63) is 60.8 Å². The molecular weight excluding hydrogens is 766 g/mol. The molecule has 0 aromatic heterocycles. The number of nitrogens with two attached hydrogens (primary N) is 1. The number of carboxylic acids is 1. The number of hydrogen-bond donors (Lipinski definition) is 3. The lowest BCUT2D eigenvalue weighted by atomic mass is 10.0. The number of carboxylic acid groups (broad SMARTS) is 1. The second-order valence-corrected chi connectivity index (χ2v) is 17.0. The number of ether oxygens (including phenoxy) is 2. The van der Waals surface area contributed by atoms with Gasteiger partial charge in [0, 0.05) is 13.0 Å². The van der Waals surface area contributed by atoms with E-state index in [-0.39, 0.29) is 13.0 Å². The fourth-order valence-electron chi connectivity index (χ4n) is 6.20. The Hall–Kier alpha value is -2.33. The minimum absolute atomic E-state index is 0.0135. The Morgan fingerprint density at radius 2 is 0.983 bits per heavy atom. The summed E-state index contributed by atoms with van der Waals surface area (Å²) in [6.45, 7) is 3.68. The molecule has 4 N–H and O–H groups in total. The summed E-state index contributed by atoms with van der Waals surface area (Å²) in [7, 11) is -4.64. The average Bonchev–Trinajstić information content (AvgIpc) is 3.21. The molecule has 3 unspecified atom stereocenters. The summed E-state index contributed by atoms with van der Waals surface area (Å²) in [6.07, 6.45) is 53.1. The lowest BCUT2D eigenvalue weighted by Gasteiger charge is -2.20. The summed E-state index contributed by atoms with van der Waals surface area (Å²) < 4.78 is 33.3.